The summed E-state index contributed by atoms with van der Waals surface area (Å²) in [5, 5.41) is 13.1. The van der Waals surface area contributed by atoms with E-state index >= 15 is 0 Å². The first-order valence-electron chi connectivity index (χ1n) is 4.71. The zero-order valence-corrected chi connectivity index (χ0v) is 8.27. The number of aliphatic hydroxyl groups is 1. The van der Waals surface area contributed by atoms with E-state index in [1.54, 1.807) is 11.0 Å². The Morgan fingerprint density at radius 3 is 2.85 bits per heavy atom. The normalized spacial score (nSPS) is 13.2. The van der Waals surface area contributed by atoms with Crippen LogP contribution in [-0.2, 0) is 13.5 Å². The van der Waals surface area contributed by atoms with Gasteiger partial charge in [0.05, 0.1) is 0 Å². The molecule has 0 aromatic carbocycles. The number of rotatable bonds is 5. The monoisotopic (exact) mass is 183 g/mol. The van der Waals surface area contributed by atoms with Gasteiger partial charge in [-0.05, 0) is 12.3 Å². The lowest BCUT2D eigenvalue weighted by molar-refractivity contribution is 0.214. The van der Waals surface area contributed by atoms with Gasteiger partial charge < -0.3 is 5.11 Å². The maximum atomic E-state index is 9.09. The quantitative estimate of drug-likeness (QED) is 0.733. The fourth-order valence-corrected chi connectivity index (χ4v) is 1.43. The van der Waals surface area contributed by atoms with Crippen LogP contribution in [0.25, 0.3) is 0 Å². The van der Waals surface area contributed by atoms with Gasteiger partial charge in [0.2, 0.25) is 0 Å². The van der Waals surface area contributed by atoms with E-state index in [1.807, 2.05) is 7.05 Å². The molecule has 1 rings (SSSR count). The smallest absolute Gasteiger partial charge is 0.138 e. The van der Waals surface area contributed by atoms with Gasteiger partial charge in [0.1, 0.15) is 12.2 Å². The summed E-state index contributed by atoms with van der Waals surface area (Å²) in [6.45, 7) is 2.36. The van der Waals surface area contributed by atoms with Crippen LogP contribution in [0, 0.1) is 5.92 Å². The van der Waals surface area contributed by atoms with Crippen LogP contribution in [0.1, 0.15) is 25.6 Å². The van der Waals surface area contributed by atoms with Crippen LogP contribution in [0.15, 0.2) is 6.33 Å². The van der Waals surface area contributed by atoms with Crippen molar-refractivity contribution in [3.05, 3.63) is 12.2 Å². The van der Waals surface area contributed by atoms with Crippen molar-refractivity contribution in [2.75, 3.05) is 6.61 Å². The minimum atomic E-state index is 0.237. The highest BCUT2D eigenvalue weighted by molar-refractivity contribution is 4.86. The first-order valence-corrected chi connectivity index (χ1v) is 4.71. The van der Waals surface area contributed by atoms with E-state index in [0.717, 1.165) is 25.1 Å². The first-order chi connectivity index (χ1) is 6.27. The molecule has 13 heavy (non-hydrogen) atoms. The third-order valence-corrected chi connectivity index (χ3v) is 2.23. The molecule has 4 heteroatoms. The summed E-state index contributed by atoms with van der Waals surface area (Å²) in [4.78, 5) is 4.13. The zero-order valence-electron chi connectivity index (χ0n) is 8.27. The molecular weight excluding hydrogens is 166 g/mol. The maximum Gasteiger partial charge on any atom is 0.138 e. The molecule has 1 heterocycles. The second-order valence-corrected chi connectivity index (χ2v) is 3.34. The Labute approximate surface area is 78.6 Å². The zero-order chi connectivity index (χ0) is 9.68. The summed E-state index contributed by atoms with van der Waals surface area (Å²) in [5.41, 5.74) is 0. The summed E-state index contributed by atoms with van der Waals surface area (Å²) >= 11 is 0. The SMILES string of the molecule is CCCC(CO)Cc1ncnn1C. The first kappa shape index (κ1) is 10.2. The van der Waals surface area contributed by atoms with E-state index < -0.39 is 0 Å². The number of aryl methyl sites for hydroxylation is 1. The van der Waals surface area contributed by atoms with Crippen molar-refractivity contribution in [3.8, 4) is 0 Å². The largest absolute Gasteiger partial charge is 0.396 e. The number of aliphatic hydroxyl groups excluding tert-OH is 1. The van der Waals surface area contributed by atoms with Crippen LogP contribution >= 0.6 is 0 Å². The predicted octanol–water partition coefficient (Wildman–Crippen LogP) is 0.766. The molecule has 1 atom stereocenters. The summed E-state index contributed by atoms with van der Waals surface area (Å²) in [6, 6.07) is 0. The van der Waals surface area contributed by atoms with Crippen LogP contribution < -0.4 is 0 Å². The van der Waals surface area contributed by atoms with Crippen LogP contribution in [0.2, 0.25) is 0 Å². The van der Waals surface area contributed by atoms with Crippen LogP contribution in [-0.4, -0.2) is 26.5 Å². The topological polar surface area (TPSA) is 50.9 Å². The van der Waals surface area contributed by atoms with Crippen LogP contribution in [0.5, 0.6) is 0 Å². The minimum absolute atomic E-state index is 0.237. The highest BCUT2D eigenvalue weighted by atomic mass is 16.3. The highest BCUT2D eigenvalue weighted by Crippen LogP contribution is 2.10. The molecule has 0 saturated carbocycles. The molecule has 0 saturated heterocycles. The van der Waals surface area contributed by atoms with Crippen molar-refractivity contribution < 1.29 is 5.11 Å². The van der Waals surface area contributed by atoms with Gasteiger partial charge >= 0.3 is 0 Å². The average molecular weight is 183 g/mol. The molecule has 0 bridgehead atoms. The molecule has 1 N–H and O–H groups in total. The highest BCUT2D eigenvalue weighted by Gasteiger charge is 2.10. The molecule has 0 fully saturated rings. The molecule has 1 aromatic rings. The van der Waals surface area contributed by atoms with Crippen molar-refractivity contribution >= 4 is 0 Å². The Bertz CT molecular complexity index is 247. The molecule has 1 aromatic heterocycles. The van der Waals surface area contributed by atoms with Crippen molar-refractivity contribution in [1.29, 1.82) is 0 Å². The molecule has 74 valence electrons. The molecule has 4 nitrogen and oxygen atoms in total. The summed E-state index contributed by atoms with van der Waals surface area (Å²) in [6.07, 6.45) is 4.52. The number of nitrogens with zero attached hydrogens (tertiary/aromatic N) is 3. The van der Waals surface area contributed by atoms with E-state index in [-0.39, 0.29) is 6.61 Å². The van der Waals surface area contributed by atoms with Crippen molar-refractivity contribution in [3.63, 3.8) is 0 Å². The van der Waals surface area contributed by atoms with Gasteiger partial charge in [-0.1, -0.05) is 13.3 Å². The number of hydrogen-bond acceptors (Lipinski definition) is 3. The lowest BCUT2D eigenvalue weighted by atomic mass is 10.0. The van der Waals surface area contributed by atoms with Crippen molar-refractivity contribution in [2.24, 2.45) is 13.0 Å². The lowest BCUT2D eigenvalue weighted by Crippen LogP contribution is -2.12. The molecule has 0 aliphatic carbocycles. The third kappa shape index (κ3) is 2.81. The third-order valence-electron chi connectivity index (χ3n) is 2.23. The lowest BCUT2D eigenvalue weighted by Gasteiger charge is -2.11. The number of aromatic nitrogens is 3. The number of hydrogen-bond donors (Lipinski definition) is 1. The Balaban J connectivity index is 2.51. The fraction of sp³-hybridized carbons (Fsp3) is 0.778. The molecule has 0 amide bonds. The van der Waals surface area contributed by atoms with E-state index in [0.29, 0.717) is 5.92 Å². The van der Waals surface area contributed by atoms with E-state index in [4.69, 9.17) is 5.11 Å². The van der Waals surface area contributed by atoms with Gasteiger partial charge in [-0.2, -0.15) is 5.10 Å². The van der Waals surface area contributed by atoms with Crippen LogP contribution in [0.4, 0.5) is 0 Å². The van der Waals surface area contributed by atoms with Gasteiger partial charge in [-0.25, -0.2) is 4.98 Å². The second-order valence-electron chi connectivity index (χ2n) is 3.34. The summed E-state index contributed by atoms with van der Waals surface area (Å²) < 4.78 is 1.76. The molecule has 0 radical (unpaired) electrons. The maximum absolute atomic E-state index is 9.09. The molecule has 1 unspecified atom stereocenters. The van der Waals surface area contributed by atoms with Crippen molar-refractivity contribution in [2.45, 2.75) is 26.2 Å². The van der Waals surface area contributed by atoms with Gasteiger partial charge in [-0.3, -0.25) is 4.68 Å². The average Bonchev–Trinajstić information content (AvgIpc) is 2.51. The standard InChI is InChI=1S/C9H17N3O/c1-3-4-8(6-13)5-9-10-7-11-12(9)2/h7-8,13H,3-6H2,1-2H3. The molecular formula is C9H17N3O. The van der Waals surface area contributed by atoms with Gasteiger partial charge in [0.25, 0.3) is 0 Å². The Kier molecular flexibility index (Phi) is 3.89. The minimum Gasteiger partial charge on any atom is -0.396 e. The van der Waals surface area contributed by atoms with E-state index in [1.165, 1.54) is 0 Å². The van der Waals surface area contributed by atoms with Crippen molar-refractivity contribution in [1.82, 2.24) is 14.8 Å². The second kappa shape index (κ2) is 4.97. The molecule has 0 aliphatic heterocycles. The molecule has 0 spiro atoms. The Morgan fingerprint density at radius 1 is 1.62 bits per heavy atom. The predicted molar refractivity (Wildman–Crippen MR) is 50.2 cm³/mol. The Hall–Kier alpha value is -0.900. The van der Waals surface area contributed by atoms with Gasteiger partial charge in [0, 0.05) is 20.1 Å². The Morgan fingerprint density at radius 2 is 2.38 bits per heavy atom. The summed E-state index contributed by atoms with van der Waals surface area (Å²) in [5.74, 6) is 1.28. The fourth-order valence-electron chi connectivity index (χ4n) is 1.43. The van der Waals surface area contributed by atoms with Crippen LogP contribution in [0.3, 0.4) is 0 Å². The van der Waals surface area contributed by atoms with Gasteiger partial charge in [0.15, 0.2) is 0 Å². The summed E-state index contributed by atoms with van der Waals surface area (Å²) in [7, 11) is 1.88. The van der Waals surface area contributed by atoms with E-state index in [2.05, 4.69) is 17.0 Å². The van der Waals surface area contributed by atoms with Gasteiger partial charge in [-0.15, -0.1) is 0 Å². The van der Waals surface area contributed by atoms with E-state index in [9.17, 15) is 0 Å². The molecule has 0 aliphatic rings.